The number of hydrogen-bond donors (Lipinski definition) is 1. The summed E-state index contributed by atoms with van der Waals surface area (Å²) in [6.45, 7) is 5.32. The van der Waals surface area contributed by atoms with E-state index in [-0.39, 0.29) is 19.0 Å². The smallest absolute Gasteiger partial charge is 0.343 e. The van der Waals surface area contributed by atoms with Crippen LogP contribution in [-0.4, -0.2) is 55.4 Å². The number of aryl methyl sites for hydroxylation is 1. The van der Waals surface area contributed by atoms with E-state index in [1.165, 1.54) is 4.90 Å². The van der Waals surface area contributed by atoms with Crippen LogP contribution in [0, 0.1) is 6.92 Å². The number of amides is 1. The molecule has 3 heterocycles. The van der Waals surface area contributed by atoms with Crippen molar-refractivity contribution in [3.8, 4) is 0 Å². The van der Waals surface area contributed by atoms with Crippen molar-refractivity contribution in [3.05, 3.63) is 23.5 Å². The highest BCUT2D eigenvalue weighted by Gasteiger charge is 2.47. The van der Waals surface area contributed by atoms with Crippen molar-refractivity contribution in [2.75, 3.05) is 13.1 Å². The summed E-state index contributed by atoms with van der Waals surface area (Å²) >= 11 is 0. The second-order valence-electron chi connectivity index (χ2n) is 6.48. The Labute approximate surface area is 138 Å². The first-order valence-corrected chi connectivity index (χ1v) is 7.79. The van der Waals surface area contributed by atoms with Gasteiger partial charge in [-0.25, -0.2) is 18.9 Å². The van der Waals surface area contributed by atoms with E-state index in [2.05, 4.69) is 10.1 Å². The quantitative estimate of drug-likeness (QED) is 0.927. The largest absolute Gasteiger partial charge is 0.479 e. The SMILES string of the molecule is Cc1cc(C(=O)N2CCC(F)(C(=O)O)C2)c2cnn(C(C)C)c2n1. The minimum absolute atomic E-state index is 0.0722. The number of carbonyl (C=O) groups excluding carboxylic acids is 1. The highest BCUT2D eigenvalue weighted by atomic mass is 19.1. The van der Waals surface area contributed by atoms with Crippen LogP contribution in [0.4, 0.5) is 4.39 Å². The van der Waals surface area contributed by atoms with Crippen molar-refractivity contribution in [2.45, 2.75) is 38.9 Å². The molecule has 1 N–H and O–H groups in total. The Hall–Kier alpha value is -2.51. The predicted molar refractivity (Wildman–Crippen MR) is 84.6 cm³/mol. The van der Waals surface area contributed by atoms with Crippen molar-refractivity contribution >= 4 is 22.9 Å². The van der Waals surface area contributed by atoms with Gasteiger partial charge in [0.15, 0.2) is 5.65 Å². The number of nitrogens with zero attached hydrogens (tertiary/aromatic N) is 4. The molecule has 0 spiro atoms. The number of alkyl halides is 1. The zero-order chi connectivity index (χ0) is 17.6. The topological polar surface area (TPSA) is 88.3 Å². The number of aromatic nitrogens is 3. The lowest BCUT2D eigenvalue weighted by Gasteiger charge is -2.18. The molecule has 128 valence electrons. The Morgan fingerprint density at radius 2 is 2.12 bits per heavy atom. The number of aliphatic carboxylic acids is 1. The number of likely N-dealkylation sites (tertiary alicyclic amines) is 1. The Morgan fingerprint density at radius 3 is 2.71 bits per heavy atom. The summed E-state index contributed by atoms with van der Waals surface area (Å²) in [5.74, 6) is -1.92. The van der Waals surface area contributed by atoms with Gasteiger partial charge in [0.05, 0.1) is 23.7 Å². The number of rotatable bonds is 3. The third-order valence-corrected chi connectivity index (χ3v) is 4.30. The molecule has 1 fully saturated rings. The summed E-state index contributed by atoms with van der Waals surface area (Å²) < 4.78 is 16.0. The number of halogens is 1. The Bertz CT molecular complexity index is 832. The maximum Gasteiger partial charge on any atom is 0.343 e. The average molecular weight is 334 g/mol. The number of pyridine rings is 1. The van der Waals surface area contributed by atoms with Gasteiger partial charge in [0.1, 0.15) is 0 Å². The molecule has 0 aromatic carbocycles. The minimum atomic E-state index is -2.38. The Morgan fingerprint density at radius 1 is 1.42 bits per heavy atom. The van der Waals surface area contributed by atoms with Crippen LogP contribution >= 0.6 is 0 Å². The normalized spacial score (nSPS) is 21.0. The first kappa shape index (κ1) is 16.4. The monoisotopic (exact) mass is 334 g/mol. The van der Waals surface area contributed by atoms with E-state index in [0.717, 1.165) is 0 Å². The lowest BCUT2D eigenvalue weighted by molar-refractivity contribution is -0.149. The minimum Gasteiger partial charge on any atom is -0.479 e. The van der Waals surface area contributed by atoms with Crippen LogP contribution in [0.3, 0.4) is 0 Å². The fourth-order valence-electron chi connectivity index (χ4n) is 2.99. The van der Waals surface area contributed by atoms with Crippen molar-refractivity contribution in [3.63, 3.8) is 0 Å². The predicted octanol–water partition coefficient (Wildman–Crippen LogP) is 1.96. The molecule has 0 saturated carbocycles. The van der Waals surface area contributed by atoms with E-state index < -0.39 is 24.1 Å². The second-order valence-corrected chi connectivity index (χ2v) is 6.48. The zero-order valence-corrected chi connectivity index (χ0v) is 13.8. The van der Waals surface area contributed by atoms with Crippen molar-refractivity contribution in [1.29, 1.82) is 0 Å². The molecule has 0 bridgehead atoms. The van der Waals surface area contributed by atoms with Crippen LogP contribution in [0.25, 0.3) is 11.0 Å². The molecule has 1 atom stereocenters. The van der Waals surface area contributed by atoms with Crippen molar-refractivity contribution in [1.82, 2.24) is 19.7 Å². The van der Waals surface area contributed by atoms with Gasteiger partial charge < -0.3 is 10.0 Å². The van der Waals surface area contributed by atoms with Crippen LogP contribution in [0.5, 0.6) is 0 Å². The summed E-state index contributed by atoms with van der Waals surface area (Å²) in [6.07, 6.45) is 1.37. The van der Waals surface area contributed by atoms with Crippen LogP contribution in [0.2, 0.25) is 0 Å². The summed E-state index contributed by atoms with van der Waals surface area (Å²) in [5.41, 5.74) is -0.757. The van der Waals surface area contributed by atoms with Gasteiger partial charge in [-0.3, -0.25) is 4.79 Å². The van der Waals surface area contributed by atoms with Gasteiger partial charge in [-0.05, 0) is 26.8 Å². The standard InChI is InChI=1S/C16H19FN4O3/c1-9(2)21-13-12(7-18-21)11(6-10(3)19-13)14(22)20-5-4-16(17,8-20)15(23)24/h6-7,9H,4-5,8H2,1-3H3,(H,23,24). The van der Waals surface area contributed by atoms with Gasteiger partial charge in [-0.15, -0.1) is 0 Å². The molecule has 1 unspecified atom stereocenters. The summed E-state index contributed by atoms with van der Waals surface area (Å²) in [5, 5.41) is 13.9. The maximum absolute atomic E-state index is 14.2. The average Bonchev–Trinajstić information content (AvgIpc) is 3.10. The van der Waals surface area contributed by atoms with Gasteiger partial charge in [0.25, 0.3) is 5.91 Å². The summed E-state index contributed by atoms with van der Waals surface area (Å²) in [7, 11) is 0. The third-order valence-electron chi connectivity index (χ3n) is 4.30. The number of carbonyl (C=O) groups is 2. The number of carboxylic acid groups (broad SMARTS) is 1. The van der Waals surface area contributed by atoms with Crippen LogP contribution in [0.1, 0.15) is 42.4 Å². The van der Waals surface area contributed by atoms with Gasteiger partial charge in [0.2, 0.25) is 5.67 Å². The highest BCUT2D eigenvalue weighted by molar-refractivity contribution is 6.06. The lowest BCUT2D eigenvalue weighted by atomic mass is 10.1. The first-order valence-electron chi connectivity index (χ1n) is 7.79. The maximum atomic E-state index is 14.2. The van der Waals surface area contributed by atoms with Crippen molar-refractivity contribution < 1.29 is 19.1 Å². The molecule has 1 saturated heterocycles. The number of hydrogen-bond acceptors (Lipinski definition) is 4. The van der Waals surface area contributed by atoms with Crippen LogP contribution < -0.4 is 0 Å². The zero-order valence-electron chi connectivity index (χ0n) is 13.8. The highest BCUT2D eigenvalue weighted by Crippen LogP contribution is 2.29. The van der Waals surface area contributed by atoms with Gasteiger partial charge >= 0.3 is 5.97 Å². The molecule has 7 nitrogen and oxygen atoms in total. The van der Waals surface area contributed by atoms with E-state index in [1.54, 1.807) is 23.9 Å². The van der Waals surface area contributed by atoms with E-state index in [1.807, 2.05) is 13.8 Å². The van der Waals surface area contributed by atoms with E-state index in [0.29, 0.717) is 22.3 Å². The molecule has 8 heteroatoms. The van der Waals surface area contributed by atoms with Crippen LogP contribution in [0.15, 0.2) is 12.3 Å². The fourth-order valence-corrected chi connectivity index (χ4v) is 2.99. The molecule has 24 heavy (non-hydrogen) atoms. The van der Waals surface area contributed by atoms with Gasteiger partial charge in [-0.1, -0.05) is 0 Å². The lowest BCUT2D eigenvalue weighted by Crippen LogP contribution is -2.39. The second kappa shape index (κ2) is 5.54. The van der Waals surface area contributed by atoms with Gasteiger partial charge in [0, 0.05) is 24.7 Å². The molecule has 2 aromatic heterocycles. The molecule has 2 aromatic rings. The number of carboxylic acids is 1. The fraction of sp³-hybridized carbons (Fsp3) is 0.500. The molecule has 1 amide bonds. The van der Waals surface area contributed by atoms with E-state index in [9.17, 15) is 14.0 Å². The van der Waals surface area contributed by atoms with Crippen LogP contribution in [-0.2, 0) is 4.79 Å². The molecule has 1 aliphatic rings. The molecular formula is C16H19FN4O3. The molecule has 3 rings (SSSR count). The van der Waals surface area contributed by atoms with Gasteiger partial charge in [-0.2, -0.15) is 5.10 Å². The van der Waals surface area contributed by atoms with E-state index >= 15 is 0 Å². The van der Waals surface area contributed by atoms with E-state index in [4.69, 9.17) is 5.11 Å². The molecule has 0 aliphatic carbocycles. The Balaban J connectivity index is 2.01. The molecule has 0 radical (unpaired) electrons. The van der Waals surface area contributed by atoms with Crippen molar-refractivity contribution in [2.24, 2.45) is 0 Å². The Kier molecular flexibility index (Phi) is 3.77. The number of fused-ring (bicyclic) bond motifs is 1. The summed E-state index contributed by atoms with van der Waals surface area (Å²) in [4.78, 5) is 29.5. The first-order chi connectivity index (χ1) is 11.2. The molecular weight excluding hydrogens is 315 g/mol. The summed E-state index contributed by atoms with van der Waals surface area (Å²) in [6, 6.07) is 1.72. The third kappa shape index (κ3) is 2.51. The molecule has 1 aliphatic heterocycles.